The van der Waals surface area contributed by atoms with Gasteiger partial charge < -0.3 is 10.6 Å². The topological polar surface area (TPSA) is 45.7 Å². The first-order valence-electron chi connectivity index (χ1n) is 6.80. The van der Waals surface area contributed by atoms with Crippen molar-refractivity contribution in [3.05, 3.63) is 65.5 Å². The Morgan fingerprint density at radius 1 is 1.14 bits per heavy atom. The molecule has 3 nitrogen and oxygen atoms in total. The van der Waals surface area contributed by atoms with Gasteiger partial charge in [-0.1, -0.05) is 12.1 Å². The van der Waals surface area contributed by atoms with E-state index < -0.39 is 23.4 Å². The van der Waals surface area contributed by atoms with E-state index in [-0.39, 0.29) is 18.3 Å². The largest absolute Gasteiger partial charge is 0.332 e. The van der Waals surface area contributed by atoms with Crippen molar-refractivity contribution >= 4 is 11.6 Å². The van der Waals surface area contributed by atoms with Gasteiger partial charge in [0.15, 0.2) is 6.54 Å². The van der Waals surface area contributed by atoms with Crippen molar-refractivity contribution in [2.24, 2.45) is 0 Å². The molecule has 2 aromatic carbocycles. The number of halogens is 3. The lowest BCUT2D eigenvalue weighted by Gasteiger charge is -2.12. The summed E-state index contributed by atoms with van der Waals surface area (Å²) in [5.74, 6) is -2.23. The standard InChI is InChI=1S/C16H15F3N2O/c1-10(12-7-6-11(17)8-14(12)19)20-9-16(22)21-15-5-3-2-4-13(15)18/h2-8,10,20H,9H2,1H3,(H,21,22)/p+1/t10-/m0/s1. The first-order chi connectivity index (χ1) is 10.5. The van der Waals surface area contributed by atoms with Crippen LogP contribution in [0, 0.1) is 17.5 Å². The molecule has 1 amide bonds. The molecule has 0 saturated heterocycles. The van der Waals surface area contributed by atoms with Gasteiger partial charge in [0.2, 0.25) is 0 Å². The molecule has 0 radical (unpaired) electrons. The molecule has 0 aromatic heterocycles. The minimum absolute atomic E-state index is 0.00762. The van der Waals surface area contributed by atoms with E-state index in [0.717, 1.165) is 6.07 Å². The van der Waals surface area contributed by atoms with E-state index in [4.69, 9.17) is 0 Å². The number of hydrogen-bond acceptors (Lipinski definition) is 1. The second-order valence-electron chi connectivity index (χ2n) is 4.92. The van der Waals surface area contributed by atoms with Gasteiger partial charge in [-0.2, -0.15) is 0 Å². The number of quaternary nitrogens is 1. The van der Waals surface area contributed by atoms with Gasteiger partial charge in [-0.3, -0.25) is 4.79 Å². The van der Waals surface area contributed by atoms with Crippen molar-refractivity contribution in [1.82, 2.24) is 0 Å². The minimum Gasteiger partial charge on any atom is -0.332 e. The van der Waals surface area contributed by atoms with Crippen LogP contribution in [0.3, 0.4) is 0 Å². The van der Waals surface area contributed by atoms with Gasteiger partial charge in [-0.25, -0.2) is 13.2 Å². The maximum atomic E-state index is 13.6. The van der Waals surface area contributed by atoms with E-state index in [1.165, 1.54) is 30.3 Å². The highest BCUT2D eigenvalue weighted by molar-refractivity contribution is 5.91. The molecule has 0 saturated carbocycles. The van der Waals surface area contributed by atoms with Crippen molar-refractivity contribution in [2.75, 3.05) is 11.9 Å². The number of rotatable bonds is 5. The molecule has 2 rings (SSSR count). The summed E-state index contributed by atoms with van der Waals surface area (Å²) in [6.07, 6.45) is 0. The van der Waals surface area contributed by atoms with Crippen LogP contribution in [0.4, 0.5) is 18.9 Å². The van der Waals surface area contributed by atoms with Gasteiger partial charge in [-0.05, 0) is 31.2 Å². The number of benzene rings is 2. The third-order valence-electron chi connectivity index (χ3n) is 3.26. The van der Waals surface area contributed by atoms with Gasteiger partial charge in [0.25, 0.3) is 5.91 Å². The number of para-hydroxylation sites is 1. The Hall–Kier alpha value is -2.34. The summed E-state index contributed by atoms with van der Waals surface area (Å²) in [6, 6.07) is 8.79. The van der Waals surface area contributed by atoms with Crippen LogP contribution in [-0.4, -0.2) is 12.5 Å². The molecule has 0 spiro atoms. The average molecular weight is 309 g/mol. The van der Waals surface area contributed by atoms with Gasteiger partial charge >= 0.3 is 0 Å². The molecule has 0 fully saturated rings. The van der Waals surface area contributed by atoms with Gasteiger partial charge in [0.05, 0.1) is 5.69 Å². The van der Waals surface area contributed by atoms with Crippen LogP contribution in [0.1, 0.15) is 18.5 Å². The fourth-order valence-corrected chi connectivity index (χ4v) is 2.05. The lowest BCUT2D eigenvalue weighted by Crippen LogP contribution is -2.86. The summed E-state index contributed by atoms with van der Waals surface area (Å²) in [7, 11) is 0. The Bertz CT molecular complexity index is 676. The second-order valence-corrected chi connectivity index (χ2v) is 4.92. The molecule has 22 heavy (non-hydrogen) atoms. The highest BCUT2D eigenvalue weighted by atomic mass is 19.1. The summed E-state index contributed by atoms with van der Waals surface area (Å²) in [5, 5.41) is 4.03. The summed E-state index contributed by atoms with van der Waals surface area (Å²) in [5.41, 5.74) is 0.404. The van der Waals surface area contributed by atoms with Crippen LogP contribution in [0.25, 0.3) is 0 Å². The number of carbonyl (C=O) groups is 1. The quantitative estimate of drug-likeness (QED) is 0.875. The minimum atomic E-state index is -0.654. The van der Waals surface area contributed by atoms with E-state index >= 15 is 0 Å². The van der Waals surface area contributed by atoms with Crippen LogP contribution in [0.2, 0.25) is 0 Å². The Morgan fingerprint density at radius 2 is 1.86 bits per heavy atom. The van der Waals surface area contributed by atoms with Crippen molar-refractivity contribution in [1.29, 1.82) is 0 Å². The van der Waals surface area contributed by atoms with E-state index in [1.54, 1.807) is 18.3 Å². The number of amides is 1. The molecule has 3 N–H and O–H groups in total. The third-order valence-corrected chi connectivity index (χ3v) is 3.26. The maximum absolute atomic E-state index is 13.6. The Labute approximate surface area is 126 Å². The summed E-state index contributed by atoms with van der Waals surface area (Å²) in [6.45, 7) is 1.69. The SMILES string of the molecule is C[C@H]([NH2+]CC(=O)Nc1ccccc1F)c1ccc(F)cc1F. The monoisotopic (exact) mass is 309 g/mol. The molecule has 0 heterocycles. The van der Waals surface area contributed by atoms with Crippen LogP contribution < -0.4 is 10.6 Å². The predicted molar refractivity (Wildman–Crippen MR) is 76.6 cm³/mol. The molecule has 0 unspecified atom stereocenters. The molecule has 2 aromatic rings. The van der Waals surface area contributed by atoms with Crippen LogP contribution >= 0.6 is 0 Å². The zero-order chi connectivity index (χ0) is 16.1. The predicted octanol–water partition coefficient (Wildman–Crippen LogP) is 2.37. The highest BCUT2D eigenvalue weighted by Gasteiger charge is 2.16. The lowest BCUT2D eigenvalue weighted by molar-refractivity contribution is -0.682. The zero-order valence-corrected chi connectivity index (χ0v) is 11.9. The summed E-state index contributed by atoms with van der Waals surface area (Å²) in [4.78, 5) is 11.8. The molecule has 6 heteroatoms. The van der Waals surface area contributed by atoms with Gasteiger partial charge in [0.1, 0.15) is 23.5 Å². The van der Waals surface area contributed by atoms with Gasteiger partial charge in [0, 0.05) is 11.6 Å². The Kier molecular flexibility index (Phi) is 5.16. The smallest absolute Gasteiger partial charge is 0.279 e. The van der Waals surface area contributed by atoms with E-state index in [9.17, 15) is 18.0 Å². The number of anilines is 1. The van der Waals surface area contributed by atoms with Crippen molar-refractivity contribution in [3.8, 4) is 0 Å². The molecular formula is C16H16F3N2O+. The zero-order valence-electron chi connectivity index (χ0n) is 11.9. The lowest BCUT2D eigenvalue weighted by atomic mass is 10.1. The van der Waals surface area contributed by atoms with E-state index in [2.05, 4.69) is 5.32 Å². The second kappa shape index (κ2) is 7.09. The average Bonchev–Trinajstić information content (AvgIpc) is 2.47. The number of carbonyl (C=O) groups excluding carboxylic acids is 1. The van der Waals surface area contributed by atoms with Gasteiger partial charge in [-0.15, -0.1) is 0 Å². The van der Waals surface area contributed by atoms with Crippen LogP contribution in [0.15, 0.2) is 42.5 Å². The highest BCUT2D eigenvalue weighted by Crippen LogP contribution is 2.15. The molecule has 0 aliphatic carbocycles. The maximum Gasteiger partial charge on any atom is 0.279 e. The fourth-order valence-electron chi connectivity index (χ4n) is 2.05. The van der Waals surface area contributed by atoms with Crippen LogP contribution in [0.5, 0.6) is 0 Å². The Balaban J connectivity index is 1.92. The first-order valence-corrected chi connectivity index (χ1v) is 6.80. The normalized spacial score (nSPS) is 12.0. The number of hydrogen-bond donors (Lipinski definition) is 2. The number of nitrogens with two attached hydrogens (primary N) is 1. The molecular weight excluding hydrogens is 293 g/mol. The number of nitrogens with one attached hydrogen (secondary N) is 1. The molecule has 0 aliphatic heterocycles. The van der Waals surface area contributed by atoms with Crippen LogP contribution in [-0.2, 0) is 4.79 Å². The molecule has 0 aliphatic rings. The fraction of sp³-hybridized carbons (Fsp3) is 0.188. The molecule has 0 bridgehead atoms. The summed E-state index contributed by atoms with van der Waals surface area (Å²) < 4.78 is 39.9. The van der Waals surface area contributed by atoms with E-state index in [1.807, 2.05) is 0 Å². The van der Waals surface area contributed by atoms with E-state index in [0.29, 0.717) is 5.56 Å². The first kappa shape index (κ1) is 16.0. The molecule has 1 atom stereocenters. The third kappa shape index (κ3) is 4.08. The van der Waals surface area contributed by atoms with Crippen molar-refractivity contribution < 1.29 is 23.3 Å². The summed E-state index contributed by atoms with van der Waals surface area (Å²) >= 11 is 0. The van der Waals surface area contributed by atoms with Crippen molar-refractivity contribution in [3.63, 3.8) is 0 Å². The molecule has 116 valence electrons. The van der Waals surface area contributed by atoms with Crippen molar-refractivity contribution in [2.45, 2.75) is 13.0 Å². The Morgan fingerprint density at radius 3 is 2.55 bits per heavy atom.